The molecule has 80 valence electrons. The molecule has 0 bridgehead atoms. The van der Waals surface area contributed by atoms with Gasteiger partial charge in [-0.3, -0.25) is 9.80 Å². The van der Waals surface area contributed by atoms with Gasteiger partial charge in [0.25, 0.3) is 0 Å². The molecule has 1 aliphatic carbocycles. The monoisotopic (exact) mass is 194 g/mol. The van der Waals surface area contributed by atoms with Crippen LogP contribution in [0.2, 0.25) is 0 Å². The molecule has 2 nitrogen and oxygen atoms in total. The molecule has 1 heterocycles. The SMILES string of the molecule is C=CCN1CCN(CC2CCCC2)C1. The van der Waals surface area contributed by atoms with Crippen LogP contribution in [-0.2, 0) is 0 Å². The van der Waals surface area contributed by atoms with Gasteiger partial charge in [-0.25, -0.2) is 0 Å². The summed E-state index contributed by atoms with van der Waals surface area (Å²) in [6.07, 6.45) is 7.89. The van der Waals surface area contributed by atoms with Crippen LogP contribution in [0.15, 0.2) is 12.7 Å². The number of hydrogen-bond donors (Lipinski definition) is 0. The van der Waals surface area contributed by atoms with Crippen molar-refractivity contribution in [3.63, 3.8) is 0 Å². The van der Waals surface area contributed by atoms with E-state index in [1.54, 1.807) is 0 Å². The second-order valence-electron chi connectivity index (χ2n) is 4.73. The summed E-state index contributed by atoms with van der Waals surface area (Å²) in [6, 6.07) is 0. The second-order valence-corrected chi connectivity index (χ2v) is 4.73. The summed E-state index contributed by atoms with van der Waals surface area (Å²) >= 11 is 0. The molecule has 2 heteroatoms. The van der Waals surface area contributed by atoms with E-state index in [1.165, 1.54) is 52.0 Å². The Hall–Kier alpha value is -0.340. The maximum absolute atomic E-state index is 3.79. The number of nitrogens with zero attached hydrogens (tertiary/aromatic N) is 2. The Labute approximate surface area is 87.6 Å². The van der Waals surface area contributed by atoms with E-state index in [-0.39, 0.29) is 0 Å². The van der Waals surface area contributed by atoms with E-state index in [1.807, 2.05) is 6.08 Å². The molecule has 0 aromatic rings. The molecule has 0 radical (unpaired) electrons. The van der Waals surface area contributed by atoms with E-state index in [2.05, 4.69) is 16.4 Å². The summed E-state index contributed by atoms with van der Waals surface area (Å²) in [5, 5.41) is 0. The summed E-state index contributed by atoms with van der Waals surface area (Å²) < 4.78 is 0. The Balaban J connectivity index is 1.69. The first kappa shape index (κ1) is 10.2. The zero-order valence-electron chi connectivity index (χ0n) is 9.12. The van der Waals surface area contributed by atoms with Crippen molar-refractivity contribution < 1.29 is 0 Å². The fraction of sp³-hybridized carbons (Fsp3) is 0.833. The normalized spacial score (nSPS) is 26.0. The molecule has 0 unspecified atom stereocenters. The summed E-state index contributed by atoms with van der Waals surface area (Å²) in [6.45, 7) is 9.86. The average molecular weight is 194 g/mol. The fourth-order valence-electron chi connectivity index (χ4n) is 2.75. The molecule has 1 saturated heterocycles. The first-order chi connectivity index (χ1) is 6.88. The van der Waals surface area contributed by atoms with Gasteiger partial charge in [-0.2, -0.15) is 0 Å². The van der Waals surface area contributed by atoms with E-state index >= 15 is 0 Å². The highest BCUT2D eigenvalue weighted by Gasteiger charge is 2.23. The van der Waals surface area contributed by atoms with Crippen LogP contribution in [0.3, 0.4) is 0 Å². The van der Waals surface area contributed by atoms with Crippen LogP contribution < -0.4 is 0 Å². The summed E-state index contributed by atoms with van der Waals surface area (Å²) in [5.41, 5.74) is 0. The van der Waals surface area contributed by atoms with Gasteiger partial charge >= 0.3 is 0 Å². The van der Waals surface area contributed by atoms with Crippen LogP contribution >= 0.6 is 0 Å². The van der Waals surface area contributed by atoms with Gasteiger partial charge in [-0.1, -0.05) is 18.9 Å². The molecule has 2 rings (SSSR count). The van der Waals surface area contributed by atoms with Gasteiger partial charge in [-0.05, 0) is 18.8 Å². The van der Waals surface area contributed by atoms with E-state index in [4.69, 9.17) is 0 Å². The van der Waals surface area contributed by atoms with Gasteiger partial charge in [0, 0.05) is 26.2 Å². The molecular weight excluding hydrogens is 172 g/mol. The van der Waals surface area contributed by atoms with Gasteiger partial charge in [0.2, 0.25) is 0 Å². The van der Waals surface area contributed by atoms with Crippen molar-refractivity contribution in [2.75, 3.05) is 32.8 Å². The predicted molar refractivity (Wildman–Crippen MR) is 60.2 cm³/mol. The van der Waals surface area contributed by atoms with E-state index in [0.717, 1.165) is 12.5 Å². The Morgan fingerprint density at radius 2 is 1.86 bits per heavy atom. The quantitative estimate of drug-likeness (QED) is 0.631. The van der Waals surface area contributed by atoms with E-state index in [0.29, 0.717) is 0 Å². The Morgan fingerprint density at radius 1 is 1.14 bits per heavy atom. The summed E-state index contributed by atoms with van der Waals surface area (Å²) in [7, 11) is 0. The van der Waals surface area contributed by atoms with Gasteiger partial charge in [0.1, 0.15) is 0 Å². The standard InChI is InChI=1S/C12H22N2/c1-2-7-13-8-9-14(11-13)10-12-5-3-4-6-12/h2,12H,1,3-11H2. The third kappa shape index (κ3) is 2.58. The highest BCUT2D eigenvalue weighted by molar-refractivity contribution is 4.80. The van der Waals surface area contributed by atoms with Crippen LogP contribution in [0.25, 0.3) is 0 Å². The molecule has 2 fully saturated rings. The minimum Gasteiger partial charge on any atom is -0.289 e. The van der Waals surface area contributed by atoms with Crippen molar-refractivity contribution in [3.05, 3.63) is 12.7 Å². The van der Waals surface area contributed by atoms with Crippen LogP contribution in [0.4, 0.5) is 0 Å². The van der Waals surface area contributed by atoms with Crippen molar-refractivity contribution in [2.24, 2.45) is 5.92 Å². The van der Waals surface area contributed by atoms with Crippen LogP contribution in [0.5, 0.6) is 0 Å². The Kier molecular flexibility index (Phi) is 3.60. The zero-order chi connectivity index (χ0) is 9.80. The lowest BCUT2D eigenvalue weighted by molar-refractivity contribution is 0.229. The minimum atomic E-state index is 0.999. The summed E-state index contributed by atoms with van der Waals surface area (Å²) in [4.78, 5) is 5.08. The summed E-state index contributed by atoms with van der Waals surface area (Å²) in [5.74, 6) is 0.999. The smallest absolute Gasteiger partial charge is 0.0510 e. The lowest BCUT2D eigenvalue weighted by atomic mass is 10.1. The van der Waals surface area contributed by atoms with Crippen molar-refractivity contribution in [2.45, 2.75) is 25.7 Å². The van der Waals surface area contributed by atoms with Crippen molar-refractivity contribution in [3.8, 4) is 0 Å². The predicted octanol–water partition coefficient (Wildman–Crippen LogP) is 1.94. The average Bonchev–Trinajstić information content (AvgIpc) is 2.79. The highest BCUT2D eigenvalue weighted by Crippen LogP contribution is 2.26. The molecular formula is C12H22N2. The van der Waals surface area contributed by atoms with Gasteiger partial charge < -0.3 is 0 Å². The molecule has 0 N–H and O–H groups in total. The second kappa shape index (κ2) is 4.94. The van der Waals surface area contributed by atoms with Crippen molar-refractivity contribution in [1.29, 1.82) is 0 Å². The van der Waals surface area contributed by atoms with Crippen LogP contribution in [-0.4, -0.2) is 42.6 Å². The zero-order valence-corrected chi connectivity index (χ0v) is 9.12. The molecule has 1 saturated carbocycles. The Morgan fingerprint density at radius 3 is 2.57 bits per heavy atom. The van der Waals surface area contributed by atoms with Gasteiger partial charge in [0.05, 0.1) is 6.67 Å². The fourth-order valence-corrected chi connectivity index (χ4v) is 2.75. The Bertz CT molecular complexity index is 185. The third-order valence-corrected chi connectivity index (χ3v) is 3.51. The van der Waals surface area contributed by atoms with Gasteiger partial charge in [-0.15, -0.1) is 6.58 Å². The minimum absolute atomic E-state index is 0.999. The maximum atomic E-state index is 3.79. The molecule has 1 aliphatic heterocycles. The first-order valence-electron chi connectivity index (χ1n) is 5.94. The first-order valence-corrected chi connectivity index (χ1v) is 5.94. The largest absolute Gasteiger partial charge is 0.289 e. The lowest BCUT2D eigenvalue weighted by Gasteiger charge is -2.20. The third-order valence-electron chi connectivity index (χ3n) is 3.51. The number of hydrogen-bond acceptors (Lipinski definition) is 2. The molecule has 0 atom stereocenters. The molecule has 2 aliphatic rings. The van der Waals surface area contributed by atoms with E-state index in [9.17, 15) is 0 Å². The van der Waals surface area contributed by atoms with Crippen LogP contribution in [0, 0.1) is 5.92 Å². The number of rotatable bonds is 4. The molecule has 0 aromatic carbocycles. The van der Waals surface area contributed by atoms with E-state index < -0.39 is 0 Å². The molecule has 0 spiro atoms. The lowest BCUT2D eigenvalue weighted by Crippen LogP contribution is -2.29. The molecule has 14 heavy (non-hydrogen) atoms. The molecule has 0 amide bonds. The van der Waals surface area contributed by atoms with Crippen molar-refractivity contribution >= 4 is 0 Å². The topological polar surface area (TPSA) is 6.48 Å². The van der Waals surface area contributed by atoms with Gasteiger partial charge in [0.15, 0.2) is 0 Å². The highest BCUT2D eigenvalue weighted by atomic mass is 15.4. The maximum Gasteiger partial charge on any atom is 0.0510 e. The van der Waals surface area contributed by atoms with Crippen LogP contribution in [0.1, 0.15) is 25.7 Å². The van der Waals surface area contributed by atoms with Crippen molar-refractivity contribution in [1.82, 2.24) is 9.80 Å². The molecule has 0 aromatic heterocycles.